The van der Waals surface area contributed by atoms with Gasteiger partial charge in [-0.15, -0.1) is 0 Å². The molecule has 2 aliphatic rings. The molecule has 2 rings (SSSR count). The van der Waals surface area contributed by atoms with Gasteiger partial charge >= 0.3 is 0 Å². The average molecular weight is 252 g/mol. The molecule has 3 N–H and O–H groups in total. The van der Waals surface area contributed by atoms with Gasteiger partial charge in [-0.25, -0.2) is 0 Å². The van der Waals surface area contributed by atoms with E-state index in [-0.39, 0.29) is 0 Å². The van der Waals surface area contributed by atoms with Crippen molar-refractivity contribution in [3.63, 3.8) is 0 Å². The zero-order valence-corrected chi connectivity index (χ0v) is 11.9. The van der Waals surface area contributed by atoms with Crippen LogP contribution >= 0.6 is 0 Å². The van der Waals surface area contributed by atoms with E-state index in [9.17, 15) is 0 Å². The first-order valence-electron chi connectivity index (χ1n) is 7.47. The van der Waals surface area contributed by atoms with Gasteiger partial charge in [0.2, 0.25) is 0 Å². The van der Waals surface area contributed by atoms with E-state index in [1.807, 2.05) is 0 Å². The molecular weight excluding hydrogens is 224 g/mol. The number of aliphatic imine (C=N–C) groups is 1. The van der Waals surface area contributed by atoms with E-state index in [2.05, 4.69) is 29.1 Å². The van der Waals surface area contributed by atoms with Crippen LogP contribution < -0.4 is 11.1 Å². The van der Waals surface area contributed by atoms with Gasteiger partial charge in [-0.1, -0.05) is 13.8 Å². The van der Waals surface area contributed by atoms with Gasteiger partial charge in [-0.2, -0.15) is 0 Å². The number of nitrogens with one attached hydrogen (secondary N) is 1. The number of nitrogens with two attached hydrogens (primary N) is 1. The molecule has 0 aromatic carbocycles. The number of hydrogen-bond donors (Lipinski definition) is 2. The van der Waals surface area contributed by atoms with Crippen molar-refractivity contribution in [2.24, 2.45) is 16.1 Å². The fourth-order valence-corrected chi connectivity index (χ4v) is 2.87. The molecule has 0 amide bonds. The summed E-state index contributed by atoms with van der Waals surface area (Å²) in [6, 6.07) is 0.643. The van der Waals surface area contributed by atoms with E-state index in [4.69, 9.17) is 5.73 Å². The molecule has 1 saturated carbocycles. The minimum atomic E-state index is 0.495. The van der Waals surface area contributed by atoms with Crippen LogP contribution in [0.25, 0.3) is 0 Å². The molecule has 0 radical (unpaired) electrons. The highest BCUT2D eigenvalue weighted by Gasteiger charge is 2.40. The van der Waals surface area contributed by atoms with Crippen molar-refractivity contribution in [1.82, 2.24) is 10.2 Å². The molecule has 1 heterocycles. The van der Waals surface area contributed by atoms with Crippen LogP contribution in [0.3, 0.4) is 0 Å². The normalized spacial score (nSPS) is 27.4. The van der Waals surface area contributed by atoms with Crippen molar-refractivity contribution in [2.45, 2.75) is 52.0 Å². The zero-order valence-electron chi connectivity index (χ0n) is 11.9. The fourth-order valence-electron chi connectivity index (χ4n) is 2.87. The van der Waals surface area contributed by atoms with Gasteiger partial charge in [0.15, 0.2) is 5.96 Å². The van der Waals surface area contributed by atoms with Gasteiger partial charge in [-0.3, -0.25) is 9.89 Å². The second-order valence-electron chi connectivity index (χ2n) is 5.86. The summed E-state index contributed by atoms with van der Waals surface area (Å²) < 4.78 is 0. The van der Waals surface area contributed by atoms with Gasteiger partial charge in [0, 0.05) is 19.1 Å². The second-order valence-corrected chi connectivity index (χ2v) is 5.86. The number of guanidine groups is 1. The van der Waals surface area contributed by atoms with Crippen LogP contribution in [0.2, 0.25) is 0 Å². The molecule has 1 saturated heterocycles. The highest BCUT2D eigenvalue weighted by Crippen LogP contribution is 2.48. The van der Waals surface area contributed by atoms with Crippen molar-refractivity contribution in [1.29, 1.82) is 0 Å². The Kier molecular flexibility index (Phi) is 4.49. The summed E-state index contributed by atoms with van der Waals surface area (Å²) in [6.45, 7) is 8.71. The first-order valence-corrected chi connectivity index (χ1v) is 7.47. The number of nitrogens with zero attached hydrogens (tertiary/aromatic N) is 2. The first-order chi connectivity index (χ1) is 8.69. The number of likely N-dealkylation sites (tertiary alicyclic amines) is 1. The standard InChI is InChI=1S/C14H28N4/c1-3-14(7-8-14)11-17-13(15)16-10-12-6-5-9-18(12)4-2/h12H,3-11H2,1-2H3,(H3,15,16,17). The number of rotatable bonds is 6. The van der Waals surface area contributed by atoms with Crippen LogP contribution in [-0.2, 0) is 0 Å². The second kappa shape index (κ2) is 5.91. The summed E-state index contributed by atoms with van der Waals surface area (Å²) in [5.41, 5.74) is 6.44. The lowest BCUT2D eigenvalue weighted by atomic mass is 10.1. The Morgan fingerprint density at radius 2 is 2.22 bits per heavy atom. The lowest BCUT2D eigenvalue weighted by molar-refractivity contribution is 0.267. The topological polar surface area (TPSA) is 53.6 Å². The highest BCUT2D eigenvalue weighted by atomic mass is 15.2. The molecular formula is C14H28N4. The molecule has 4 nitrogen and oxygen atoms in total. The molecule has 1 aliphatic heterocycles. The van der Waals surface area contributed by atoms with Gasteiger partial charge < -0.3 is 11.1 Å². The monoisotopic (exact) mass is 252 g/mol. The van der Waals surface area contributed by atoms with Crippen molar-refractivity contribution < 1.29 is 0 Å². The number of hydrogen-bond acceptors (Lipinski definition) is 2. The molecule has 1 unspecified atom stereocenters. The zero-order chi connectivity index (χ0) is 13.0. The lowest BCUT2D eigenvalue weighted by Gasteiger charge is -2.23. The predicted octanol–water partition coefficient (Wildman–Crippen LogP) is 1.57. The third-order valence-electron chi connectivity index (χ3n) is 4.72. The van der Waals surface area contributed by atoms with E-state index in [1.165, 1.54) is 38.6 Å². The summed E-state index contributed by atoms with van der Waals surface area (Å²) in [7, 11) is 0. The maximum atomic E-state index is 5.95. The highest BCUT2D eigenvalue weighted by molar-refractivity contribution is 5.77. The molecule has 18 heavy (non-hydrogen) atoms. The average Bonchev–Trinajstić information content (AvgIpc) is 3.04. The Hall–Kier alpha value is -0.770. The largest absolute Gasteiger partial charge is 0.370 e. The van der Waals surface area contributed by atoms with Crippen LogP contribution in [0.1, 0.15) is 46.0 Å². The van der Waals surface area contributed by atoms with Crippen molar-refractivity contribution in [3.8, 4) is 0 Å². The molecule has 1 atom stereocenters. The SMILES string of the molecule is CCN1CCCC1CNC(N)=NCC1(CC)CC1. The molecule has 2 fully saturated rings. The van der Waals surface area contributed by atoms with Crippen molar-refractivity contribution in [2.75, 3.05) is 26.2 Å². The minimum Gasteiger partial charge on any atom is -0.370 e. The maximum absolute atomic E-state index is 5.95. The van der Waals surface area contributed by atoms with Crippen LogP contribution in [0.15, 0.2) is 4.99 Å². The smallest absolute Gasteiger partial charge is 0.188 e. The lowest BCUT2D eigenvalue weighted by Crippen LogP contribution is -2.42. The fraction of sp³-hybridized carbons (Fsp3) is 0.929. The van der Waals surface area contributed by atoms with Gasteiger partial charge in [0.1, 0.15) is 0 Å². The Morgan fingerprint density at radius 1 is 1.44 bits per heavy atom. The van der Waals surface area contributed by atoms with Crippen molar-refractivity contribution in [3.05, 3.63) is 0 Å². The molecule has 4 heteroatoms. The Labute approximate surface area is 111 Å². The Bertz CT molecular complexity index is 296. The molecule has 0 aromatic heterocycles. The summed E-state index contributed by atoms with van der Waals surface area (Å²) in [5.74, 6) is 0.637. The third-order valence-corrected chi connectivity index (χ3v) is 4.72. The molecule has 0 aromatic rings. The van der Waals surface area contributed by atoms with Gasteiger partial charge in [-0.05, 0) is 50.6 Å². The van der Waals surface area contributed by atoms with Crippen LogP contribution in [-0.4, -0.2) is 43.1 Å². The van der Waals surface area contributed by atoms with Gasteiger partial charge in [0.05, 0.1) is 0 Å². The van der Waals surface area contributed by atoms with E-state index in [0.717, 1.165) is 19.6 Å². The van der Waals surface area contributed by atoms with E-state index >= 15 is 0 Å². The Morgan fingerprint density at radius 3 is 2.83 bits per heavy atom. The molecule has 0 spiro atoms. The first kappa shape index (κ1) is 13.7. The summed E-state index contributed by atoms with van der Waals surface area (Å²) in [5, 5.41) is 3.30. The Balaban J connectivity index is 1.70. The number of likely N-dealkylation sites (N-methyl/N-ethyl adjacent to an activating group) is 1. The maximum Gasteiger partial charge on any atom is 0.188 e. The molecule has 104 valence electrons. The predicted molar refractivity (Wildman–Crippen MR) is 76.7 cm³/mol. The van der Waals surface area contributed by atoms with E-state index in [1.54, 1.807) is 0 Å². The molecule has 1 aliphatic carbocycles. The minimum absolute atomic E-state index is 0.495. The van der Waals surface area contributed by atoms with E-state index < -0.39 is 0 Å². The molecule has 0 bridgehead atoms. The van der Waals surface area contributed by atoms with Gasteiger partial charge in [0.25, 0.3) is 0 Å². The summed E-state index contributed by atoms with van der Waals surface area (Å²) in [4.78, 5) is 7.03. The van der Waals surface area contributed by atoms with Crippen LogP contribution in [0.5, 0.6) is 0 Å². The summed E-state index contributed by atoms with van der Waals surface area (Å²) >= 11 is 0. The quantitative estimate of drug-likeness (QED) is 0.557. The van der Waals surface area contributed by atoms with E-state index in [0.29, 0.717) is 17.4 Å². The van der Waals surface area contributed by atoms with Crippen molar-refractivity contribution >= 4 is 5.96 Å². The van der Waals surface area contributed by atoms with Crippen LogP contribution in [0, 0.1) is 5.41 Å². The third kappa shape index (κ3) is 3.37. The van der Waals surface area contributed by atoms with Crippen LogP contribution in [0.4, 0.5) is 0 Å². The summed E-state index contributed by atoms with van der Waals surface area (Å²) in [6.07, 6.45) is 6.48.